The number of nitrogens with two attached hydrogens (primary N) is 1. The topological polar surface area (TPSA) is 46.3 Å². The maximum atomic E-state index is 12.1. The van der Waals surface area contributed by atoms with Crippen LogP contribution in [-0.2, 0) is 11.2 Å². The third kappa shape index (κ3) is 5.88. The Morgan fingerprint density at radius 3 is 2.35 bits per heavy atom. The van der Waals surface area contributed by atoms with Crippen molar-refractivity contribution in [1.29, 1.82) is 0 Å². The first kappa shape index (κ1) is 21.0. The van der Waals surface area contributed by atoms with Gasteiger partial charge in [0, 0.05) is 18.3 Å². The van der Waals surface area contributed by atoms with Crippen LogP contribution in [0, 0.1) is 0 Å². The zero-order chi connectivity index (χ0) is 19.1. The molecule has 0 saturated heterocycles. The van der Waals surface area contributed by atoms with Gasteiger partial charge in [-0.1, -0.05) is 73.3 Å². The number of hydrogen-bond donors (Lipinski definition) is 1. The highest BCUT2D eigenvalue weighted by Crippen LogP contribution is 2.28. The second-order valence-electron chi connectivity index (χ2n) is 6.25. The van der Waals surface area contributed by atoms with Gasteiger partial charge in [-0.2, -0.15) is 0 Å². The maximum Gasteiger partial charge on any atom is 0.253 e. The number of carbonyl (C=O) groups is 1. The molecule has 2 rings (SSSR count). The van der Waals surface area contributed by atoms with Crippen LogP contribution in [0.25, 0.3) is 11.1 Å². The number of amides is 1. The number of rotatable bonds is 8. The van der Waals surface area contributed by atoms with Gasteiger partial charge in [-0.05, 0) is 41.7 Å². The first-order valence-corrected chi connectivity index (χ1v) is 9.79. The van der Waals surface area contributed by atoms with E-state index < -0.39 is 6.04 Å². The predicted octanol–water partition coefficient (Wildman–Crippen LogP) is 5.70. The molecule has 0 radical (unpaired) electrons. The van der Waals surface area contributed by atoms with Crippen LogP contribution in [0.3, 0.4) is 0 Å². The average Bonchev–Trinajstić information content (AvgIpc) is 2.66. The molecular formula is C20H23Cl3N2O. The van der Waals surface area contributed by atoms with Crippen LogP contribution < -0.4 is 5.73 Å². The molecule has 6 heteroatoms. The molecule has 0 unspecified atom stereocenters. The molecule has 0 spiro atoms. The van der Waals surface area contributed by atoms with E-state index in [9.17, 15) is 4.79 Å². The molecule has 0 aliphatic carbocycles. The van der Waals surface area contributed by atoms with Gasteiger partial charge in [0.25, 0.3) is 5.91 Å². The van der Waals surface area contributed by atoms with Crippen molar-refractivity contribution in [1.82, 2.24) is 4.42 Å². The maximum absolute atomic E-state index is 12.1. The molecule has 0 fully saturated rings. The van der Waals surface area contributed by atoms with E-state index in [1.807, 2.05) is 36.4 Å². The Balaban J connectivity index is 1.92. The van der Waals surface area contributed by atoms with Gasteiger partial charge >= 0.3 is 0 Å². The zero-order valence-corrected chi connectivity index (χ0v) is 17.0. The van der Waals surface area contributed by atoms with Crippen LogP contribution in [0.4, 0.5) is 0 Å². The zero-order valence-electron chi connectivity index (χ0n) is 14.7. The van der Waals surface area contributed by atoms with Gasteiger partial charge in [0.05, 0.1) is 16.1 Å². The molecular weight excluding hydrogens is 391 g/mol. The molecule has 2 aromatic carbocycles. The summed E-state index contributed by atoms with van der Waals surface area (Å²) in [6.07, 6.45) is 3.26. The van der Waals surface area contributed by atoms with Gasteiger partial charge in [-0.25, -0.2) is 0 Å². The van der Waals surface area contributed by atoms with E-state index in [0.717, 1.165) is 29.5 Å². The standard InChI is InChI=1S/C20H23Cl3N2O/c1-2-3-4-19(24)20(26)25(23)12-11-14-5-7-15(8-6-14)16-9-10-17(21)18(22)13-16/h5-10,13,19H,2-4,11-12,24H2,1H3/t19-/m0/s1. The average molecular weight is 414 g/mol. The minimum absolute atomic E-state index is 0.215. The van der Waals surface area contributed by atoms with Crippen molar-refractivity contribution in [3.8, 4) is 11.1 Å². The molecule has 3 nitrogen and oxygen atoms in total. The quantitative estimate of drug-likeness (QED) is 0.564. The normalized spacial score (nSPS) is 12.0. The Labute approximate surface area is 170 Å². The van der Waals surface area contributed by atoms with Gasteiger partial charge in [0.1, 0.15) is 0 Å². The van der Waals surface area contributed by atoms with Crippen molar-refractivity contribution < 1.29 is 4.79 Å². The van der Waals surface area contributed by atoms with Crippen LogP contribution in [0.2, 0.25) is 10.0 Å². The lowest BCUT2D eigenvalue weighted by atomic mass is 10.0. The van der Waals surface area contributed by atoms with E-state index in [1.54, 1.807) is 6.07 Å². The largest absolute Gasteiger partial charge is 0.320 e. The number of carbonyl (C=O) groups excluding carboxylic acids is 1. The number of halogens is 3. The summed E-state index contributed by atoms with van der Waals surface area (Å²) in [5.41, 5.74) is 9.03. The molecule has 1 amide bonds. The van der Waals surface area contributed by atoms with Crippen LogP contribution >= 0.6 is 35.0 Å². The van der Waals surface area contributed by atoms with Crippen molar-refractivity contribution in [3.63, 3.8) is 0 Å². The monoisotopic (exact) mass is 412 g/mol. The molecule has 0 aliphatic heterocycles. The Kier molecular flexibility index (Phi) is 8.23. The third-order valence-electron chi connectivity index (χ3n) is 4.23. The Morgan fingerprint density at radius 1 is 1.08 bits per heavy atom. The molecule has 0 saturated carbocycles. The number of nitrogens with zero attached hydrogens (tertiary/aromatic N) is 1. The predicted molar refractivity (Wildman–Crippen MR) is 111 cm³/mol. The summed E-state index contributed by atoms with van der Waals surface area (Å²) in [5, 5.41) is 1.07. The molecule has 140 valence electrons. The fourth-order valence-corrected chi connectivity index (χ4v) is 3.11. The summed E-state index contributed by atoms with van der Waals surface area (Å²) in [7, 11) is 0. The highest BCUT2D eigenvalue weighted by molar-refractivity contribution is 6.42. The summed E-state index contributed by atoms with van der Waals surface area (Å²) in [4.78, 5) is 12.1. The SMILES string of the molecule is CCCC[C@H](N)C(=O)N(Cl)CCc1ccc(-c2ccc(Cl)c(Cl)c2)cc1. The minimum atomic E-state index is -0.524. The van der Waals surface area contributed by atoms with Crippen LogP contribution in [0.1, 0.15) is 31.7 Å². The van der Waals surface area contributed by atoms with Crippen LogP contribution in [0.15, 0.2) is 42.5 Å². The van der Waals surface area contributed by atoms with Crippen molar-refractivity contribution >= 4 is 40.9 Å². The summed E-state index contributed by atoms with van der Waals surface area (Å²) in [6.45, 7) is 2.49. The number of unbranched alkanes of at least 4 members (excludes halogenated alkanes) is 1. The first-order valence-electron chi connectivity index (χ1n) is 8.69. The Bertz CT molecular complexity index is 734. The van der Waals surface area contributed by atoms with Crippen molar-refractivity contribution in [2.45, 2.75) is 38.6 Å². The van der Waals surface area contributed by atoms with E-state index in [4.69, 9.17) is 40.7 Å². The lowest BCUT2D eigenvalue weighted by Crippen LogP contribution is -2.39. The van der Waals surface area contributed by atoms with E-state index in [1.165, 1.54) is 4.42 Å². The summed E-state index contributed by atoms with van der Waals surface area (Å²) < 4.78 is 1.20. The van der Waals surface area contributed by atoms with Gasteiger partial charge in [0.2, 0.25) is 0 Å². The summed E-state index contributed by atoms with van der Waals surface area (Å²) in [6, 6.07) is 13.1. The molecule has 2 aromatic rings. The second kappa shape index (κ2) is 10.2. The molecule has 26 heavy (non-hydrogen) atoms. The summed E-state index contributed by atoms with van der Waals surface area (Å²) >= 11 is 18.1. The molecule has 2 N–H and O–H groups in total. The van der Waals surface area contributed by atoms with Crippen molar-refractivity contribution in [3.05, 3.63) is 58.1 Å². The number of benzene rings is 2. The minimum Gasteiger partial charge on any atom is -0.320 e. The molecule has 0 bridgehead atoms. The van der Waals surface area contributed by atoms with Crippen LogP contribution in [0.5, 0.6) is 0 Å². The van der Waals surface area contributed by atoms with Crippen molar-refractivity contribution in [2.24, 2.45) is 5.73 Å². The lowest BCUT2D eigenvalue weighted by Gasteiger charge is -2.18. The van der Waals surface area contributed by atoms with Gasteiger partial charge in [0.15, 0.2) is 0 Å². The first-order chi connectivity index (χ1) is 12.4. The smallest absolute Gasteiger partial charge is 0.253 e. The highest BCUT2D eigenvalue weighted by Gasteiger charge is 2.18. The van der Waals surface area contributed by atoms with E-state index in [0.29, 0.717) is 29.4 Å². The third-order valence-corrected chi connectivity index (χ3v) is 5.30. The summed E-state index contributed by atoms with van der Waals surface area (Å²) in [5.74, 6) is -0.215. The Hall–Kier alpha value is -1.26. The fourth-order valence-electron chi connectivity index (χ4n) is 2.60. The van der Waals surface area contributed by atoms with Gasteiger partial charge < -0.3 is 5.73 Å². The second-order valence-corrected chi connectivity index (χ2v) is 7.47. The molecule has 0 heterocycles. The molecule has 0 aliphatic rings. The number of hydrogen-bond acceptors (Lipinski definition) is 2. The molecule has 1 atom stereocenters. The van der Waals surface area contributed by atoms with E-state index in [-0.39, 0.29) is 5.91 Å². The molecule has 0 aromatic heterocycles. The fraction of sp³-hybridized carbons (Fsp3) is 0.350. The van der Waals surface area contributed by atoms with Crippen LogP contribution in [-0.4, -0.2) is 22.9 Å². The van der Waals surface area contributed by atoms with Crippen molar-refractivity contribution in [2.75, 3.05) is 6.54 Å². The Morgan fingerprint density at radius 2 is 1.73 bits per heavy atom. The van der Waals surface area contributed by atoms with Gasteiger partial charge in [-0.3, -0.25) is 9.21 Å². The van der Waals surface area contributed by atoms with E-state index in [2.05, 4.69) is 6.92 Å². The van der Waals surface area contributed by atoms with Gasteiger partial charge in [-0.15, -0.1) is 0 Å². The highest BCUT2D eigenvalue weighted by atomic mass is 35.5. The lowest BCUT2D eigenvalue weighted by molar-refractivity contribution is -0.128. The van der Waals surface area contributed by atoms with E-state index >= 15 is 0 Å².